The average Bonchev–Trinajstić information content (AvgIpc) is 2.90. The van der Waals surface area contributed by atoms with E-state index in [1.807, 2.05) is 25.1 Å². The van der Waals surface area contributed by atoms with Crippen LogP contribution in [-0.2, 0) is 9.59 Å². The molecule has 1 saturated heterocycles. The van der Waals surface area contributed by atoms with Crippen LogP contribution in [-0.4, -0.2) is 47.1 Å². The second kappa shape index (κ2) is 8.78. The highest BCUT2D eigenvalue weighted by molar-refractivity contribution is 7.99. The van der Waals surface area contributed by atoms with E-state index in [1.54, 1.807) is 11.8 Å². The molecule has 0 aromatic heterocycles. The minimum Gasteiger partial charge on any atom is -0.355 e. The van der Waals surface area contributed by atoms with E-state index in [9.17, 15) is 14.4 Å². The van der Waals surface area contributed by atoms with Crippen molar-refractivity contribution in [2.75, 3.05) is 18.8 Å². The number of rotatable bonds is 7. The van der Waals surface area contributed by atoms with Crippen molar-refractivity contribution in [2.45, 2.75) is 49.5 Å². The monoisotopic (exact) mass is 389 g/mol. The van der Waals surface area contributed by atoms with E-state index in [2.05, 4.69) is 22.8 Å². The molecule has 2 fully saturated rings. The first-order valence-corrected chi connectivity index (χ1v) is 10.6. The summed E-state index contributed by atoms with van der Waals surface area (Å²) in [4.78, 5) is 39.6. The normalized spacial score (nSPS) is 24.9. The molecule has 1 aromatic carbocycles. The Morgan fingerprint density at radius 2 is 2.07 bits per heavy atom. The molecule has 146 valence electrons. The number of nitrogens with zero attached hydrogens (tertiary/aromatic N) is 1. The molecule has 2 aliphatic rings. The first-order chi connectivity index (χ1) is 13.0. The summed E-state index contributed by atoms with van der Waals surface area (Å²) in [7, 11) is 0. The molecular formula is C20H27N3O3S. The van der Waals surface area contributed by atoms with Gasteiger partial charge in [-0.1, -0.05) is 38.0 Å². The predicted molar refractivity (Wildman–Crippen MR) is 105 cm³/mol. The summed E-state index contributed by atoms with van der Waals surface area (Å²) in [5.41, 5.74) is -0.804. The van der Waals surface area contributed by atoms with Gasteiger partial charge in [-0.05, 0) is 43.1 Å². The highest BCUT2D eigenvalue weighted by Crippen LogP contribution is 2.38. The molecule has 4 amide bonds. The molecule has 1 aliphatic heterocycles. The number of imide groups is 1. The van der Waals surface area contributed by atoms with Crippen LogP contribution in [0.2, 0.25) is 0 Å². The number of thioether (sulfide) groups is 1. The van der Waals surface area contributed by atoms with Gasteiger partial charge in [0.25, 0.3) is 5.91 Å². The fourth-order valence-corrected chi connectivity index (χ4v) is 4.72. The van der Waals surface area contributed by atoms with Crippen LogP contribution in [0.5, 0.6) is 0 Å². The molecule has 1 heterocycles. The quantitative estimate of drug-likeness (QED) is 0.427. The predicted octanol–water partition coefficient (Wildman–Crippen LogP) is 2.79. The summed E-state index contributed by atoms with van der Waals surface area (Å²) in [5, 5.41) is 5.69. The number of hydrogen-bond acceptors (Lipinski definition) is 4. The molecular weight excluding hydrogens is 362 g/mol. The van der Waals surface area contributed by atoms with Crippen molar-refractivity contribution in [3.63, 3.8) is 0 Å². The summed E-state index contributed by atoms with van der Waals surface area (Å²) in [6.07, 6.45) is 4.41. The van der Waals surface area contributed by atoms with Crippen molar-refractivity contribution in [3.05, 3.63) is 30.3 Å². The van der Waals surface area contributed by atoms with E-state index >= 15 is 0 Å². The van der Waals surface area contributed by atoms with Gasteiger partial charge in [0.1, 0.15) is 12.1 Å². The van der Waals surface area contributed by atoms with E-state index in [4.69, 9.17) is 0 Å². The summed E-state index contributed by atoms with van der Waals surface area (Å²) in [6.45, 7) is 2.33. The van der Waals surface area contributed by atoms with Crippen LogP contribution in [0, 0.1) is 5.92 Å². The topological polar surface area (TPSA) is 78.5 Å². The SMILES string of the molecule is C[C@H]1CCCC[C@]12NC(=O)N(CC(=O)NCCCSc1ccccc1)C2=O. The van der Waals surface area contributed by atoms with Gasteiger partial charge in [0, 0.05) is 11.4 Å². The molecule has 1 aromatic rings. The molecule has 2 N–H and O–H groups in total. The van der Waals surface area contributed by atoms with Gasteiger partial charge < -0.3 is 10.6 Å². The average molecular weight is 390 g/mol. The number of hydrogen-bond donors (Lipinski definition) is 2. The van der Waals surface area contributed by atoms with Gasteiger partial charge in [-0.15, -0.1) is 11.8 Å². The Morgan fingerprint density at radius 1 is 1.30 bits per heavy atom. The summed E-state index contributed by atoms with van der Waals surface area (Å²) < 4.78 is 0. The van der Waals surface area contributed by atoms with Crippen molar-refractivity contribution in [1.82, 2.24) is 15.5 Å². The zero-order chi connectivity index (χ0) is 19.3. The molecule has 0 unspecified atom stereocenters. The fraction of sp³-hybridized carbons (Fsp3) is 0.550. The van der Waals surface area contributed by atoms with Crippen molar-refractivity contribution in [2.24, 2.45) is 5.92 Å². The van der Waals surface area contributed by atoms with Crippen molar-refractivity contribution >= 4 is 29.6 Å². The molecule has 1 saturated carbocycles. The largest absolute Gasteiger partial charge is 0.355 e. The number of benzene rings is 1. The van der Waals surface area contributed by atoms with Gasteiger partial charge in [-0.25, -0.2) is 4.79 Å². The molecule has 3 rings (SSSR count). The van der Waals surface area contributed by atoms with E-state index < -0.39 is 11.6 Å². The number of amides is 4. The minimum absolute atomic E-state index is 0.103. The van der Waals surface area contributed by atoms with Crippen LogP contribution in [0.4, 0.5) is 4.79 Å². The van der Waals surface area contributed by atoms with E-state index in [0.29, 0.717) is 13.0 Å². The third-order valence-electron chi connectivity index (χ3n) is 5.46. The molecule has 0 radical (unpaired) electrons. The van der Waals surface area contributed by atoms with Gasteiger partial charge >= 0.3 is 6.03 Å². The Labute approximate surface area is 164 Å². The second-order valence-electron chi connectivity index (χ2n) is 7.30. The minimum atomic E-state index is -0.804. The Morgan fingerprint density at radius 3 is 2.81 bits per heavy atom. The first-order valence-electron chi connectivity index (χ1n) is 9.61. The van der Waals surface area contributed by atoms with Crippen LogP contribution in [0.1, 0.15) is 39.0 Å². The Balaban J connectivity index is 1.42. The van der Waals surface area contributed by atoms with Gasteiger partial charge in [0.05, 0.1) is 0 Å². The number of nitrogens with one attached hydrogen (secondary N) is 2. The van der Waals surface area contributed by atoms with Crippen LogP contribution in [0.15, 0.2) is 35.2 Å². The maximum Gasteiger partial charge on any atom is 0.325 e. The Kier molecular flexibility index (Phi) is 6.42. The second-order valence-corrected chi connectivity index (χ2v) is 8.47. The summed E-state index contributed by atoms with van der Waals surface area (Å²) in [5.74, 6) is 0.470. The third-order valence-corrected chi connectivity index (χ3v) is 6.56. The Hall–Kier alpha value is -2.02. The van der Waals surface area contributed by atoms with Crippen LogP contribution < -0.4 is 10.6 Å². The number of carbonyl (C=O) groups is 3. The number of urea groups is 1. The van der Waals surface area contributed by atoms with E-state index in [1.165, 1.54) is 4.90 Å². The highest BCUT2D eigenvalue weighted by atomic mass is 32.2. The summed E-state index contributed by atoms with van der Waals surface area (Å²) in [6, 6.07) is 9.66. The van der Waals surface area contributed by atoms with E-state index in [-0.39, 0.29) is 24.3 Å². The lowest BCUT2D eigenvalue weighted by atomic mass is 9.73. The van der Waals surface area contributed by atoms with Crippen LogP contribution in [0.3, 0.4) is 0 Å². The molecule has 1 aliphatic carbocycles. The van der Waals surface area contributed by atoms with E-state index in [0.717, 1.165) is 36.3 Å². The fourth-order valence-electron chi connectivity index (χ4n) is 3.85. The third kappa shape index (κ3) is 4.46. The molecule has 1 spiro atoms. The molecule has 27 heavy (non-hydrogen) atoms. The lowest BCUT2D eigenvalue weighted by Gasteiger charge is -2.36. The molecule has 7 heteroatoms. The van der Waals surface area contributed by atoms with Crippen LogP contribution >= 0.6 is 11.8 Å². The van der Waals surface area contributed by atoms with Crippen molar-refractivity contribution < 1.29 is 14.4 Å². The summed E-state index contributed by atoms with van der Waals surface area (Å²) >= 11 is 1.74. The van der Waals surface area contributed by atoms with Crippen molar-refractivity contribution in [3.8, 4) is 0 Å². The van der Waals surface area contributed by atoms with Crippen molar-refractivity contribution in [1.29, 1.82) is 0 Å². The zero-order valence-electron chi connectivity index (χ0n) is 15.7. The van der Waals surface area contributed by atoms with Gasteiger partial charge in [0.15, 0.2) is 0 Å². The first kappa shape index (κ1) is 19.7. The van der Waals surface area contributed by atoms with Gasteiger partial charge in [-0.3, -0.25) is 14.5 Å². The maximum absolute atomic E-state index is 12.8. The molecule has 6 nitrogen and oxygen atoms in total. The van der Waals surface area contributed by atoms with Crippen LogP contribution in [0.25, 0.3) is 0 Å². The smallest absolute Gasteiger partial charge is 0.325 e. The zero-order valence-corrected chi connectivity index (χ0v) is 16.5. The lowest BCUT2D eigenvalue weighted by Crippen LogP contribution is -2.54. The van der Waals surface area contributed by atoms with Gasteiger partial charge in [0.2, 0.25) is 5.91 Å². The maximum atomic E-state index is 12.8. The van der Waals surface area contributed by atoms with Gasteiger partial charge in [-0.2, -0.15) is 0 Å². The molecule has 2 atom stereocenters. The molecule has 0 bridgehead atoms. The highest BCUT2D eigenvalue weighted by Gasteiger charge is 2.55. The number of carbonyl (C=O) groups excluding carboxylic acids is 3. The Bertz CT molecular complexity index is 697. The standard InChI is InChI=1S/C20H27N3O3S/c1-15-8-5-6-11-20(15)18(25)23(19(26)22-20)14-17(24)21-12-7-13-27-16-9-3-2-4-10-16/h2-4,9-10,15H,5-8,11-14H2,1H3,(H,21,24)(H,22,26)/t15-,20-/m0/s1. The lowest BCUT2D eigenvalue weighted by molar-refractivity contribution is -0.137.